The third-order valence-electron chi connectivity index (χ3n) is 3.43. The molecular weight excluding hydrogens is 264 g/mol. The fraction of sp³-hybridized carbons (Fsp3) is 0.125. The summed E-state index contributed by atoms with van der Waals surface area (Å²) in [5, 5.41) is 17.8. The minimum absolute atomic E-state index is 0.104. The topological polar surface area (TPSA) is 77.0 Å². The molecule has 106 valence electrons. The number of aromatic nitrogens is 3. The van der Waals surface area contributed by atoms with Crippen LogP contribution >= 0.6 is 0 Å². The number of aliphatic hydroxyl groups is 1. The van der Waals surface area contributed by atoms with E-state index in [2.05, 4.69) is 10.2 Å². The highest BCUT2D eigenvalue weighted by Gasteiger charge is 2.17. The fourth-order valence-corrected chi connectivity index (χ4v) is 2.47. The van der Waals surface area contributed by atoms with Gasteiger partial charge in [0.05, 0.1) is 6.61 Å². The molecule has 21 heavy (non-hydrogen) atoms. The summed E-state index contributed by atoms with van der Waals surface area (Å²) >= 11 is 0. The molecule has 3 aromatic rings. The molecule has 0 unspecified atom stereocenters. The lowest BCUT2D eigenvalue weighted by molar-refractivity contribution is 0.282. The van der Waals surface area contributed by atoms with Crippen molar-refractivity contribution in [3.05, 3.63) is 54.4 Å². The second-order valence-electron chi connectivity index (χ2n) is 4.89. The van der Waals surface area contributed by atoms with Gasteiger partial charge in [0.2, 0.25) is 0 Å². The molecule has 3 rings (SSSR count). The first-order valence-electron chi connectivity index (χ1n) is 6.63. The number of nitrogen functional groups attached to an aromatic ring is 1. The Balaban J connectivity index is 2.33. The lowest BCUT2D eigenvalue weighted by atomic mass is 9.94. The van der Waals surface area contributed by atoms with Gasteiger partial charge in [-0.25, -0.2) is 0 Å². The van der Waals surface area contributed by atoms with E-state index in [1.54, 1.807) is 12.4 Å². The SMILES string of the molecule is Cn1cnnc1-c1c(CO)cc(N)cc1-c1ccccc1. The molecule has 5 heteroatoms. The van der Waals surface area contributed by atoms with Crippen molar-refractivity contribution < 1.29 is 5.11 Å². The number of nitrogens with zero attached hydrogens (tertiary/aromatic N) is 3. The normalized spacial score (nSPS) is 10.8. The third-order valence-corrected chi connectivity index (χ3v) is 3.43. The van der Waals surface area contributed by atoms with Gasteiger partial charge < -0.3 is 15.4 Å². The Kier molecular flexibility index (Phi) is 3.41. The largest absolute Gasteiger partial charge is 0.399 e. The van der Waals surface area contributed by atoms with Gasteiger partial charge in [-0.3, -0.25) is 0 Å². The van der Waals surface area contributed by atoms with Gasteiger partial charge >= 0.3 is 0 Å². The number of nitrogens with two attached hydrogens (primary N) is 1. The van der Waals surface area contributed by atoms with E-state index >= 15 is 0 Å². The molecule has 0 saturated heterocycles. The number of anilines is 1. The summed E-state index contributed by atoms with van der Waals surface area (Å²) in [4.78, 5) is 0. The van der Waals surface area contributed by atoms with Crippen LogP contribution in [0.3, 0.4) is 0 Å². The van der Waals surface area contributed by atoms with Gasteiger partial charge in [0.25, 0.3) is 0 Å². The van der Waals surface area contributed by atoms with E-state index in [9.17, 15) is 5.11 Å². The van der Waals surface area contributed by atoms with Crippen LogP contribution in [-0.4, -0.2) is 19.9 Å². The van der Waals surface area contributed by atoms with Gasteiger partial charge in [-0.15, -0.1) is 10.2 Å². The summed E-state index contributed by atoms with van der Waals surface area (Å²) in [6.07, 6.45) is 1.64. The second-order valence-corrected chi connectivity index (χ2v) is 4.89. The van der Waals surface area contributed by atoms with Crippen molar-refractivity contribution in [3.8, 4) is 22.5 Å². The molecule has 0 spiro atoms. The molecular formula is C16H16N4O. The first kappa shape index (κ1) is 13.3. The third kappa shape index (κ3) is 2.39. The Morgan fingerprint density at radius 3 is 2.57 bits per heavy atom. The molecule has 0 fully saturated rings. The highest BCUT2D eigenvalue weighted by molar-refractivity contribution is 5.85. The molecule has 5 nitrogen and oxygen atoms in total. The minimum Gasteiger partial charge on any atom is -0.399 e. The van der Waals surface area contributed by atoms with Crippen LogP contribution in [0.2, 0.25) is 0 Å². The molecule has 1 heterocycles. The van der Waals surface area contributed by atoms with Crippen LogP contribution in [0.1, 0.15) is 5.56 Å². The average Bonchev–Trinajstić information content (AvgIpc) is 2.93. The molecule has 0 aliphatic heterocycles. The van der Waals surface area contributed by atoms with Crippen molar-refractivity contribution in [3.63, 3.8) is 0 Å². The van der Waals surface area contributed by atoms with E-state index in [0.29, 0.717) is 11.5 Å². The van der Waals surface area contributed by atoms with Crippen molar-refractivity contribution in [1.29, 1.82) is 0 Å². The summed E-state index contributed by atoms with van der Waals surface area (Å²) in [6, 6.07) is 13.6. The predicted molar refractivity (Wildman–Crippen MR) is 82.2 cm³/mol. The number of aryl methyl sites for hydroxylation is 1. The highest BCUT2D eigenvalue weighted by atomic mass is 16.3. The molecule has 0 amide bonds. The van der Waals surface area contributed by atoms with Gasteiger partial charge in [-0.2, -0.15) is 0 Å². The molecule has 0 aliphatic carbocycles. The number of hydrogen-bond acceptors (Lipinski definition) is 4. The fourth-order valence-electron chi connectivity index (χ4n) is 2.47. The molecule has 0 aliphatic rings. The van der Waals surface area contributed by atoms with Crippen molar-refractivity contribution in [2.45, 2.75) is 6.61 Å². The standard InChI is InChI=1S/C16H16N4O/c1-20-10-18-19-16(20)15-12(9-21)7-13(17)8-14(15)11-5-3-2-4-6-11/h2-8,10,21H,9,17H2,1H3. The molecule has 0 saturated carbocycles. The van der Waals surface area contributed by atoms with Crippen molar-refractivity contribution in [2.24, 2.45) is 7.05 Å². The van der Waals surface area contributed by atoms with Crippen molar-refractivity contribution in [2.75, 3.05) is 5.73 Å². The zero-order valence-corrected chi connectivity index (χ0v) is 11.7. The van der Waals surface area contributed by atoms with E-state index in [-0.39, 0.29) is 6.61 Å². The second kappa shape index (κ2) is 5.38. The molecule has 3 N–H and O–H groups in total. The van der Waals surface area contributed by atoms with Crippen molar-refractivity contribution >= 4 is 5.69 Å². The lowest BCUT2D eigenvalue weighted by Crippen LogP contribution is -2.01. The Morgan fingerprint density at radius 2 is 1.95 bits per heavy atom. The highest BCUT2D eigenvalue weighted by Crippen LogP contribution is 2.35. The Labute approximate surface area is 122 Å². The predicted octanol–water partition coefficient (Wildman–Crippen LogP) is 2.22. The van der Waals surface area contributed by atoms with Crippen LogP contribution < -0.4 is 5.73 Å². The van der Waals surface area contributed by atoms with Crippen LogP contribution in [0, 0.1) is 0 Å². The minimum atomic E-state index is -0.104. The van der Waals surface area contributed by atoms with Gasteiger partial charge in [-0.1, -0.05) is 30.3 Å². The summed E-state index contributed by atoms with van der Waals surface area (Å²) in [5.41, 5.74) is 10.2. The maximum atomic E-state index is 9.69. The summed E-state index contributed by atoms with van der Waals surface area (Å²) in [6.45, 7) is -0.104. The van der Waals surface area contributed by atoms with Crippen molar-refractivity contribution in [1.82, 2.24) is 14.8 Å². The quantitative estimate of drug-likeness (QED) is 0.721. The summed E-state index contributed by atoms with van der Waals surface area (Å²) < 4.78 is 1.83. The van der Waals surface area contributed by atoms with E-state index in [1.807, 2.05) is 48.0 Å². The lowest BCUT2D eigenvalue weighted by Gasteiger charge is -2.14. The van der Waals surface area contributed by atoms with E-state index in [1.165, 1.54) is 0 Å². The first-order valence-corrected chi connectivity index (χ1v) is 6.63. The zero-order valence-electron chi connectivity index (χ0n) is 11.7. The van der Waals surface area contributed by atoms with E-state index < -0.39 is 0 Å². The summed E-state index contributed by atoms with van der Waals surface area (Å²) in [7, 11) is 1.88. The van der Waals surface area contributed by atoms with Gasteiger partial charge in [0.15, 0.2) is 5.82 Å². The molecule has 1 aromatic heterocycles. The Hall–Kier alpha value is -2.66. The van der Waals surface area contributed by atoms with Gasteiger partial charge in [0.1, 0.15) is 6.33 Å². The molecule has 2 aromatic carbocycles. The average molecular weight is 280 g/mol. The van der Waals surface area contributed by atoms with Crippen LogP contribution in [0.25, 0.3) is 22.5 Å². The number of aliphatic hydroxyl groups excluding tert-OH is 1. The maximum absolute atomic E-state index is 9.69. The van der Waals surface area contributed by atoms with E-state index in [4.69, 9.17) is 5.73 Å². The summed E-state index contributed by atoms with van der Waals surface area (Å²) in [5.74, 6) is 0.706. The Bertz CT molecular complexity index is 765. The maximum Gasteiger partial charge on any atom is 0.164 e. The zero-order chi connectivity index (χ0) is 14.8. The molecule has 0 bridgehead atoms. The Morgan fingerprint density at radius 1 is 1.19 bits per heavy atom. The smallest absolute Gasteiger partial charge is 0.164 e. The number of benzene rings is 2. The van der Waals surface area contributed by atoms with Gasteiger partial charge in [-0.05, 0) is 28.8 Å². The number of rotatable bonds is 3. The van der Waals surface area contributed by atoms with Crippen LogP contribution in [0.15, 0.2) is 48.8 Å². The van der Waals surface area contributed by atoms with Crippen LogP contribution in [-0.2, 0) is 13.7 Å². The monoisotopic (exact) mass is 280 g/mol. The van der Waals surface area contributed by atoms with E-state index in [0.717, 1.165) is 22.3 Å². The molecule has 0 radical (unpaired) electrons. The molecule has 0 atom stereocenters. The van der Waals surface area contributed by atoms with Crippen LogP contribution in [0.5, 0.6) is 0 Å². The van der Waals surface area contributed by atoms with Crippen LogP contribution in [0.4, 0.5) is 5.69 Å². The van der Waals surface area contributed by atoms with Gasteiger partial charge in [0, 0.05) is 18.3 Å². The number of hydrogen-bond donors (Lipinski definition) is 2. The first-order chi connectivity index (χ1) is 10.2.